The molecule has 2 amide bonds. The zero-order valence-corrected chi connectivity index (χ0v) is 17.9. The number of anilines is 1. The van der Waals surface area contributed by atoms with Crippen LogP contribution in [-0.4, -0.2) is 46.8 Å². The third kappa shape index (κ3) is 3.64. The summed E-state index contributed by atoms with van der Waals surface area (Å²) in [6.07, 6.45) is 3.89. The molecule has 0 saturated heterocycles. The SMILES string of the molecule is CC1=Nc2cc3c(cc2C1)OC[C@@H](NC(=O)c1cncn1Cc1ccccc1)C(=O)N3C. The van der Waals surface area contributed by atoms with Crippen molar-refractivity contribution in [1.82, 2.24) is 14.9 Å². The Hall–Kier alpha value is -3.94. The first kappa shape index (κ1) is 20.0. The molecule has 3 aromatic rings. The molecular formula is C24H23N5O3. The quantitative estimate of drug-likeness (QED) is 0.691. The van der Waals surface area contributed by atoms with Gasteiger partial charge in [0, 0.05) is 25.7 Å². The highest BCUT2D eigenvalue weighted by atomic mass is 16.5. The van der Waals surface area contributed by atoms with Crippen LogP contribution >= 0.6 is 0 Å². The van der Waals surface area contributed by atoms with Crippen molar-refractivity contribution < 1.29 is 14.3 Å². The molecule has 1 aromatic heterocycles. The lowest BCUT2D eigenvalue weighted by Gasteiger charge is -2.21. The van der Waals surface area contributed by atoms with E-state index in [1.54, 1.807) is 17.9 Å². The second kappa shape index (κ2) is 7.96. The molecule has 32 heavy (non-hydrogen) atoms. The number of aromatic nitrogens is 2. The van der Waals surface area contributed by atoms with Gasteiger partial charge in [-0.1, -0.05) is 30.3 Å². The standard InChI is InChI=1S/C24H23N5O3/c1-15-8-17-9-22-20(10-18(17)26-15)28(2)24(31)19(13-32-22)27-23(30)21-11-25-14-29(21)12-16-6-4-3-5-7-16/h3-7,9-11,14,19H,8,12-13H2,1-2H3,(H,27,30)/t19-/m1/s1. The number of ether oxygens (including phenoxy) is 1. The Bertz CT molecular complexity index is 1230. The van der Waals surface area contributed by atoms with Gasteiger partial charge in [-0.3, -0.25) is 14.6 Å². The van der Waals surface area contributed by atoms with Gasteiger partial charge in [-0.05, 0) is 30.2 Å². The van der Waals surface area contributed by atoms with E-state index >= 15 is 0 Å². The molecule has 1 atom stereocenters. The van der Waals surface area contributed by atoms with Crippen molar-refractivity contribution in [2.75, 3.05) is 18.6 Å². The van der Waals surface area contributed by atoms with Crippen LogP contribution in [0.3, 0.4) is 0 Å². The summed E-state index contributed by atoms with van der Waals surface area (Å²) < 4.78 is 7.72. The topological polar surface area (TPSA) is 88.8 Å². The maximum Gasteiger partial charge on any atom is 0.270 e. The number of hydrogen-bond donors (Lipinski definition) is 1. The molecule has 0 saturated carbocycles. The van der Waals surface area contributed by atoms with Gasteiger partial charge in [-0.25, -0.2) is 4.98 Å². The molecule has 162 valence electrons. The summed E-state index contributed by atoms with van der Waals surface area (Å²) in [5.74, 6) is 0.00250. The number of likely N-dealkylation sites (N-methyl/N-ethyl adjacent to an activating group) is 1. The van der Waals surface area contributed by atoms with Gasteiger partial charge in [-0.2, -0.15) is 0 Å². The summed E-state index contributed by atoms with van der Waals surface area (Å²) in [6, 6.07) is 12.8. The third-order valence-corrected chi connectivity index (χ3v) is 5.76. The molecule has 8 nitrogen and oxygen atoms in total. The zero-order valence-electron chi connectivity index (χ0n) is 17.9. The number of rotatable bonds is 4. The fourth-order valence-electron chi connectivity index (χ4n) is 4.09. The van der Waals surface area contributed by atoms with Crippen LogP contribution in [-0.2, 0) is 17.8 Å². The van der Waals surface area contributed by atoms with Crippen molar-refractivity contribution in [3.8, 4) is 5.75 Å². The Morgan fingerprint density at radius 1 is 1.25 bits per heavy atom. The molecule has 0 aliphatic carbocycles. The third-order valence-electron chi connectivity index (χ3n) is 5.76. The van der Waals surface area contributed by atoms with E-state index in [0.717, 1.165) is 28.9 Å². The highest BCUT2D eigenvalue weighted by molar-refractivity contribution is 6.03. The zero-order chi connectivity index (χ0) is 22.2. The van der Waals surface area contributed by atoms with Crippen molar-refractivity contribution in [2.24, 2.45) is 4.99 Å². The molecule has 0 fully saturated rings. The molecular weight excluding hydrogens is 406 g/mol. The minimum atomic E-state index is -0.819. The van der Waals surface area contributed by atoms with Gasteiger partial charge < -0.3 is 19.5 Å². The van der Waals surface area contributed by atoms with Crippen LogP contribution in [0.15, 0.2) is 60.0 Å². The number of fused-ring (bicyclic) bond motifs is 2. The van der Waals surface area contributed by atoms with Gasteiger partial charge in [0.25, 0.3) is 11.8 Å². The Morgan fingerprint density at radius 2 is 2.06 bits per heavy atom. The Labute approximate surface area is 185 Å². The van der Waals surface area contributed by atoms with E-state index in [4.69, 9.17) is 4.74 Å². The van der Waals surface area contributed by atoms with Crippen molar-refractivity contribution >= 4 is 28.9 Å². The average molecular weight is 429 g/mol. The summed E-state index contributed by atoms with van der Waals surface area (Å²) in [5, 5.41) is 2.82. The Kier molecular flexibility index (Phi) is 4.97. The monoisotopic (exact) mass is 429 g/mol. The van der Waals surface area contributed by atoms with Crippen LogP contribution in [0.1, 0.15) is 28.5 Å². The molecule has 0 spiro atoms. The normalized spacial score (nSPS) is 17.2. The van der Waals surface area contributed by atoms with E-state index in [-0.39, 0.29) is 18.4 Å². The van der Waals surface area contributed by atoms with E-state index in [0.29, 0.717) is 23.7 Å². The number of carbonyl (C=O) groups is 2. The summed E-state index contributed by atoms with van der Waals surface area (Å²) >= 11 is 0. The van der Waals surface area contributed by atoms with Gasteiger partial charge in [0.15, 0.2) is 0 Å². The summed E-state index contributed by atoms with van der Waals surface area (Å²) in [6.45, 7) is 2.54. The molecule has 3 heterocycles. The molecule has 1 N–H and O–H groups in total. The lowest BCUT2D eigenvalue weighted by Crippen LogP contribution is -2.49. The van der Waals surface area contributed by atoms with Crippen molar-refractivity contribution in [3.05, 3.63) is 71.8 Å². The predicted octanol–water partition coefficient (Wildman–Crippen LogP) is 2.73. The van der Waals surface area contributed by atoms with Crippen molar-refractivity contribution in [1.29, 1.82) is 0 Å². The second-order valence-corrected chi connectivity index (χ2v) is 8.10. The predicted molar refractivity (Wildman–Crippen MR) is 121 cm³/mol. The van der Waals surface area contributed by atoms with Crippen LogP contribution in [0.5, 0.6) is 5.75 Å². The van der Waals surface area contributed by atoms with Crippen molar-refractivity contribution in [3.63, 3.8) is 0 Å². The number of nitrogens with one attached hydrogen (secondary N) is 1. The van der Waals surface area contributed by atoms with Gasteiger partial charge in [0.2, 0.25) is 0 Å². The van der Waals surface area contributed by atoms with Crippen LogP contribution in [0.4, 0.5) is 11.4 Å². The maximum absolute atomic E-state index is 13.1. The number of benzene rings is 2. The first-order valence-electron chi connectivity index (χ1n) is 10.5. The van der Waals surface area contributed by atoms with Crippen LogP contribution in [0.2, 0.25) is 0 Å². The van der Waals surface area contributed by atoms with E-state index in [1.807, 2.05) is 49.4 Å². The second-order valence-electron chi connectivity index (χ2n) is 8.10. The number of nitrogens with zero attached hydrogens (tertiary/aromatic N) is 4. The van der Waals surface area contributed by atoms with E-state index < -0.39 is 6.04 Å². The number of hydrogen-bond acceptors (Lipinski definition) is 5. The summed E-state index contributed by atoms with van der Waals surface area (Å²) in [5.41, 5.74) is 5.06. The smallest absolute Gasteiger partial charge is 0.270 e. The summed E-state index contributed by atoms with van der Waals surface area (Å²) in [4.78, 5) is 36.3. The molecule has 2 aromatic carbocycles. The lowest BCUT2D eigenvalue weighted by atomic mass is 10.1. The van der Waals surface area contributed by atoms with Gasteiger partial charge in [0.1, 0.15) is 24.1 Å². The van der Waals surface area contributed by atoms with E-state index in [9.17, 15) is 9.59 Å². The highest BCUT2D eigenvalue weighted by Crippen LogP contribution is 2.39. The first-order valence-corrected chi connectivity index (χ1v) is 10.5. The number of amides is 2. The number of imidazole rings is 1. The average Bonchev–Trinajstić information content (AvgIpc) is 3.37. The van der Waals surface area contributed by atoms with Gasteiger partial charge >= 0.3 is 0 Å². The minimum absolute atomic E-state index is 0.0490. The van der Waals surface area contributed by atoms with E-state index in [1.165, 1.54) is 11.1 Å². The molecule has 0 unspecified atom stereocenters. The Balaban J connectivity index is 1.34. The largest absolute Gasteiger partial charge is 0.489 e. The molecule has 2 aliphatic rings. The number of carbonyl (C=O) groups excluding carboxylic acids is 2. The van der Waals surface area contributed by atoms with Gasteiger partial charge in [-0.15, -0.1) is 0 Å². The maximum atomic E-state index is 13.1. The fraction of sp³-hybridized carbons (Fsp3) is 0.250. The highest BCUT2D eigenvalue weighted by Gasteiger charge is 2.32. The van der Waals surface area contributed by atoms with Crippen LogP contribution in [0.25, 0.3) is 0 Å². The van der Waals surface area contributed by atoms with Crippen LogP contribution < -0.4 is 15.0 Å². The molecule has 0 bridgehead atoms. The first-order chi connectivity index (χ1) is 15.5. The fourth-order valence-corrected chi connectivity index (χ4v) is 4.09. The minimum Gasteiger partial charge on any atom is -0.489 e. The summed E-state index contributed by atoms with van der Waals surface area (Å²) in [7, 11) is 1.69. The van der Waals surface area contributed by atoms with Crippen LogP contribution in [0, 0.1) is 0 Å². The number of aliphatic imine (C=N–C) groups is 1. The molecule has 8 heteroatoms. The molecule has 0 radical (unpaired) electrons. The molecule has 5 rings (SSSR count). The Morgan fingerprint density at radius 3 is 2.88 bits per heavy atom. The lowest BCUT2D eigenvalue weighted by molar-refractivity contribution is -0.120. The van der Waals surface area contributed by atoms with Crippen molar-refractivity contribution in [2.45, 2.75) is 25.9 Å². The molecule has 2 aliphatic heterocycles. The van der Waals surface area contributed by atoms with E-state index in [2.05, 4.69) is 15.3 Å². The van der Waals surface area contributed by atoms with Gasteiger partial charge in [0.05, 0.1) is 23.9 Å².